The number of carbonyl (C=O) groups excluding carboxylic acids is 2. The average molecular weight is 403 g/mol. The Balaban J connectivity index is 0.00000123. The molecule has 1 aliphatic carbocycles. The van der Waals surface area contributed by atoms with E-state index in [1.54, 1.807) is 0 Å². The molecule has 1 aliphatic rings. The molecule has 2 rings (SSSR count). The van der Waals surface area contributed by atoms with Crippen molar-refractivity contribution in [2.45, 2.75) is 46.0 Å². The molecule has 0 radical (unpaired) electrons. The zero-order valence-electron chi connectivity index (χ0n) is 14.0. The third kappa shape index (κ3) is 6.88. The highest BCUT2D eigenvalue weighted by molar-refractivity contribution is 9.10. The van der Waals surface area contributed by atoms with Gasteiger partial charge in [0.25, 0.3) is 0 Å². The Hall–Kier alpha value is -1.60. The summed E-state index contributed by atoms with van der Waals surface area (Å²) in [4.78, 5) is 24.3. The van der Waals surface area contributed by atoms with Crippen molar-refractivity contribution in [3.63, 3.8) is 0 Å². The van der Waals surface area contributed by atoms with Crippen molar-refractivity contribution >= 4 is 40.0 Å². The van der Waals surface area contributed by atoms with E-state index < -0.39 is 5.82 Å². The largest absolute Gasteiger partial charge is 0.307 e. The molecule has 0 amide bonds. The predicted molar refractivity (Wildman–Crippen MR) is 96.2 cm³/mol. The second kappa shape index (κ2) is 12.8. The van der Waals surface area contributed by atoms with Crippen LogP contribution < -0.4 is 5.48 Å². The van der Waals surface area contributed by atoms with Gasteiger partial charge in [0.1, 0.15) is 12.6 Å². The molecule has 0 aromatic heterocycles. The number of benzene rings is 1. The minimum atomic E-state index is -0.402. The highest BCUT2D eigenvalue weighted by Gasteiger charge is 2.25. The van der Waals surface area contributed by atoms with Crippen molar-refractivity contribution in [2.24, 2.45) is 10.9 Å². The lowest BCUT2D eigenvalue weighted by molar-refractivity contribution is -0.117. The van der Waals surface area contributed by atoms with E-state index in [1.165, 1.54) is 18.2 Å². The molecule has 0 bridgehead atoms. The van der Waals surface area contributed by atoms with Crippen molar-refractivity contribution in [3.8, 4) is 0 Å². The van der Waals surface area contributed by atoms with E-state index in [-0.39, 0.29) is 22.0 Å². The maximum atomic E-state index is 13.1. The topological polar surface area (TPSA) is 78.8 Å². The van der Waals surface area contributed by atoms with Gasteiger partial charge in [-0.25, -0.2) is 14.9 Å². The molecule has 24 heavy (non-hydrogen) atoms. The van der Waals surface area contributed by atoms with Crippen LogP contribution in [-0.2, 0) is 9.59 Å². The Bertz CT molecular complexity index is 547. The van der Waals surface area contributed by atoms with Gasteiger partial charge >= 0.3 is 0 Å². The third-order valence-electron chi connectivity index (χ3n) is 3.46. The third-order valence-corrected chi connectivity index (χ3v) is 4.07. The van der Waals surface area contributed by atoms with Gasteiger partial charge in [0.2, 0.25) is 5.78 Å². The number of carbonyl (C=O) groups is 2. The molecule has 1 aromatic carbocycles. The lowest BCUT2D eigenvalue weighted by Crippen LogP contribution is -2.34. The summed E-state index contributed by atoms with van der Waals surface area (Å²) in [6.45, 7) is 6.00. The number of nitrogens with zero attached hydrogens (tertiary/aromatic N) is 1. The number of ketones is 1. The van der Waals surface area contributed by atoms with Gasteiger partial charge in [-0.15, -0.1) is 0 Å². The maximum absolute atomic E-state index is 13.1. The summed E-state index contributed by atoms with van der Waals surface area (Å²) >= 11 is 3.06. The zero-order valence-corrected chi connectivity index (χ0v) is 15.6. The Morgan fingerprint density at radius 2 is 1.88 bits per heavy atom. The van der Waals surface area contributed by atoms with Gasteiger partial charge < -0.3 is 4.79 Å². The number of hydrogen-bond acceptors (Lipinski definition) is 4. The monoisotopic (exact) mass is 402 g/mol. The summed E-state index contributed by atoms with van der Waals surface area (Å²) in [6, 6.07) is 4.16. The van der Waals surface area contributed by atoms with E-state index in [0.29, 0.717) is 5.69 Å². The first-order chi connectivity index (χ1) is 11.6. The first-order valence-electron chi connectivity index (χ1n) is 7.88. The number of aliphatic imine (C=N–C) groups is 1. The zero-order chi connectivity index (χ0) is 18.5. The summed E-state index contributed by atoms with van der Waals surface area (Å²) in [5, 5.41) is 9.12. The van der Waals surface area contributed by atoms with E-state index in [9.17, 15) is 9.18 Å². The number of hydrogen-bond donors (Lipinski definition) is 2. The van der Waals surface area contributed by atoms with Crippen molar-refractivity contribution in [3.05, 3.63) is 28.5 Å². The Morgan fingerprint density at radius 1 is 1.29 bits per heavy atom. The molecule has 0 aliphatic heterocycles. The van der Waals surface area contributed by atoms with E-state index in [2.05, 4.69) is 20.9 Å². The SMILES string of the molecule is C=O.CC.O=C(C(=Nc1ccc(F)c(Br)c1)NO)C1CCCCC1. The Morgan fingerprint density at radius 3 is 2.38 bits per heavy atom. The fourth-order valence-corrected chi connectivity index (χ4v) is 2.74. The van der Waals surface area contributed by atoms with E-state index in [1.807, 2.05) is 26.1 Å². The Labute approximate surface area is 150 Å². The highest BCUT2D eigenvalue weighted by atomic mass is 79.9. The smallest absolute Gasteiger partial charge is 0.202 e. The fourth-order valence-electron chi connectivity index (χ4n) is 2.38. The molecule has 0 unspecified atom stereocenters. The normalized spacial score (nSPS) is 14.6. The second-order valence-electron chi connectivity index (χ2n) is 4.87. The molecule has 0 saturated heterocycles. The lowest BCUT2D eigenvalue weighted by atomic mass is 9.86. The first-order valence-corrected chi connectivity index (χ1v) is 8.68. The summed E-state index contributed by atoms with van der Waals surface area (Å²) in [5.74, 6) is -0.768. The van der Waals surface area contributed by atoms with E-state index >= 15 is 0 Å². The highest BCUT2D eigenvalue weighted by Crippen LogP contribution is 2.26. The van der Waals surface area contributed by atoms with Crippen LogP contribution in [0.5, 0.6) is 0 Å². The van der Waals surface area contributed by atoms with Crippen LogP contribution in [0.15, 0.2) is 27.7 Å². The minimum Gasteiger partial charge on any atom is -0.307 e. The molecular formula is C17H24BrFN2O3. The molecule has 1 fully saturated rings. The molecular weight excluding hydrogens is 379 g/mol. The molecule has 134 valence electrons. The van der Waals surface area contributed by atoms with Gasteiger partial charge in [-0.05, 0) is 47.0 Å². The average Bonchev–Trinajstić information content (AvgIpc) is 2.66. The van der Waals surface area contributed by atoms with Crippen LogP contribution >= 0.6 is 15.9 Å². The molecule has 5 nitrogen and oxygen atoms in total. The van der Waals surface area contributed by atoms with Crippen LogP contribution in [0.3, 0.4) is 0 Å². The van der Waals surface area contributed by atoms with Crippen LogP contribution in [0.25, 0.3) is 0 Å². The van der Waals surface area contributed by atoms with Gasteiger partial charge in [-0.2, -0.15) is 0 Å². The van der Waals surface area contributed by atoms with Crippen LogP contribution in [0, 0.1) is 11.7 Å². The van der Waals surface area contributed by atoms with Crippen LogP contribution in [0.1, 0.15) is 46.0 Å². The number of nitrogens with one attached hydrogen (secondary N) is 1. The predicted octanol–water partition coefficient (Wildman–Crippen LogP) is 4.59. The van der Waals surface area contributed by atoms with Gasteiger partial charge in [0.05, 0.1) is 10.2 Å². The van der Waals surface area contributed by atoms with Crippen molar-refractivity contribution in [1.29, 1.82) is 0 Å². The second-order valence-corrected chi connectivity index (χ2v) is 5.72. The number of halogens is 2. The minimum absolute atomic E-state index is 0.0876. The molecule has 0 atom stereocenters. The maximum Gasteiger partial charge on any atom is 0.202 e. The molecule has 1 aromatic rings. The summed E-state index contributed by atoms with van der Waals surface area (Å²) in [5.41, 5.74) is 2.27. The Kier molecular flexibility index (Phi) is 11.9. The molecule has 0 spiro atoms. The van der Waals surface area contributed by atoms with Gasteiger partial charge in [0, 0.05) is 5.92 Å². The standard InChI is InChI=1S/C14H16BrFN2O2.C2H6.CH2O/c15-11-8-10(6-7-12(11)16)17-14(18-20)13(19)9-4-2-1-3-5-9;2*1-2/h6-9,20H,1-5H2,(H,17,18);1-2H3;1H2. The molecule has 0 heterocycles. The number of Topliss-reactive ketones (excluding diaryl/α,β-unsaturated/α-hetero) is 1. The summed E-state index contributed by atoms with van der Waals surface area (Å²) < 4.78 is 13.4. The quantitative estimate of drug-likeness (QED) is 0.440. The van der Waals surface area contributed by atoms with Gasteiger partial charge in [-0.1, -0.05) is 33.1 Å². The number of amidine groups is 1. The van der Waals surface area contributed by atoms with Gasteiger partial charge in [0.15, 0.2) is 5.84 Å². The van der Waals surface area contributed by atoms with Crippen LogP contribution in [-0.4, -0.2) is 23.6 Å². The number of hydroxylamine groups is 1. The number of rotatable bonds is 3. The van der Waals surface area contributed by atoms with Gasteiger partial charge in [-0.3, -0.25) is 10.0 Å². The molecule has 7 heteroatoms. The molecule has 1 saturated carbocycles. The fraction of sp³-hybridized carbons (Fsp3) is 0.471. The van der Waals surface area contributed by atoms with E-state index in [0.717, 1.165) is 32.1 Å². The lowest BCUT2D eigenvalue weighted by Gasteiger charge is -2.20. The van der Waals surface area contributed by atoms with Crippen molar-refractivity contribution in [2.75, 3.05) is 0 Å². The van der Waals surface area contributed by atoms with Crippen molar-refractivity contribution < 1.29 is 19.2 Å². The molecule has 2 N–H and O–H groups in total. The van der Waals surface area contributed by atoms with Crippen LogP contribution in [0.4, 0.5) is 10.1 Å². The van der Waals surface area contributed by atoms with Crippen molar-refractivity contribution in [1.82, 2.24) is 5.48 Å². The summed E-state index contributed by atoms with van der Waals surface area (Å²) in [6.07, 6.45) is 4.85. The summed E-state index contributed by atoms with van der Waals surface area (Å²) in [7, 11) is 0. The van der Waals surface area contributed by atoms with E-state index in [4.69, 9.17) is 10.0 Å². The first kappa shape index (κ1) is 22.4. The van der Waals surface area contributed by atoms with Crippen LogP contribution in [0.2, 0.25) is 0 Å².